The van der Waals surface area contributed by atoms with Crippen LogP contribution in [0.4, 0.5) is 11.4 Å². The number of rotatable bonds is 14. The number of nitrogens with zero attached hydrogens (tertiary/aromatic N) is 8. The Bertz CT molecular complexity index is 1680. The van der Waals surface area contributed by atoms with Gasteiger partial charge in [0.2, 0.25) is 0 Å². The van der Waals surface area contributed by atoms with Gasteiger partial charge in [0.1, 0.15) is 18.2 Å². The van der Waals surface area contributed by atoms with Crippen LogP contribution in [-0.2, 0) is 11.3 Å². The molecule has 5 aromatic rings. The van der Waals surface area contributed by atoms with Gasteiger partial charge in [-0.15, -0.1) is 0 Å². The molecule has 0 spiro atoms. The van der Waals surface area contributed by atoms with E-state index in [9.17, 15) is 4.79 Å². The summed E-state index contributed by atoms with van der Waals surface area (Å²) in [6.45, 7) is 9.48. The first-order valence-corrected chi connectivity index (χ1v) is 16.1. The van der Waals surface area contributed by atoms with Gasteiger partial charge < -0.3 is 19.3 Å². The maximum absolute atomic E-state index is 12.8. The predicted octanol–water partition coefficient (Wildman–Crippen LogP) is 5.15. The molecule has 1 unspecified atom stereocenters. The third-order valence-electron chi connectivity index (χ3n) is 8.52. The Morgan fingerprint density at radius 1 is 0.761 bits per heavy atom. The van der Waals surface area contributed by atoms with Gasteiger partial charge in [-0.05, 0) is 67.4 Å². The molecule has 3 heterocycles. The molecule has 1 aliphatic heterocycles. The van der Waals surface area contributed by atoms with E-state index in [4.69, 9.17) is 9.47 Å². The first kappa shape index (κ1) is 31.1. The van der Waals surface area contributed by atoms with Gasteiger partial charge in [-0.3, -0.25) is 0 Å². The summed E-state index contributed by atoms with van der Waals surface area (Å²) in [5.74, 6) is 0.858. The molecular weight excluding hydrogens is 580 g/mol. The molecular formula is C35H42N8O3. The Labute approximate surface area is 269 Å². The summed E-state index contributed by atoms with van der Waals surface area (Å²) in [4.78, 5) is 19.2. The summed E-state index contributed by atoms with van der Waals surface area (Å²) in [5.41, 5.74) is 4.19. The van der Waals surface area contributed by atoms with Crippen molar-refractivity contribution in [2.45, 2.75) is 45.4 Å². The lowest BCUT2D eigenvalue weighted by molar-refractivity contribution is 0.0287. The summed E-state index contributed by atoms with van der Waals surface area (Å²) < 4.78 is 15.4. The van der Waals surface area contributed by atoms with Crippen LogP contribution >= 0.6 is 0 Å². The molecule has 240 valence electrons. The molecule has 2 atom stereocenters. The van der Waals surface area contributed by atoms with Crippen molar-refractivity contribution in [2.75, 3.05) is 49.2 Å². The molecule has 6 rings (SSSR count). The average Bonchev–Trinajstić information content (AvgIpc) is 3.77. The molecule has 0 N–H and O–H groups in total. The monoisotopic (exact) mass is 622 g/mol. The molecule has 0 bridgehead atoms. The zero-order chi connectivity index (χ0) is 31.7. The Morgan fingerprint density at radius 2 is 1.37 bits per heavy atom. The predicted molar refractivity (Wildman–Crippen MR) is 179 cm³/mol. The second-order valence-corrected chi connectivity index (χ2v) is 11.5. The topological polar surface area (TPSA) is 95.5 Å². The van der Waals surface area contributed by atoms with Crippen molar-refractivity contribution in [3.05, 3.63) is 114 Å². The fraction of sp³-hybridized carbons (Fsp3) is 0.371. The molecule has 1 aliphatic rings. The molecule has 2 aromatic heterocycles. The van der Waals surface area contributed by atoms with Gasteiger partial charge in [-0.25, -0.2) is 14.0 Å². The Morgan fingerprint density at radius 3 is 2.00 bits per heavy atom. The van der Waals surface area contributed by atoms with Gasteiger partial charge in [0.15, 0.2) is 0 Å². The molecule has 46 heavy (non-hydrogen) atoms. The van der Waals surface area contributed by atoms with Crippen LogP contribution in [0.1, 0.15) is 44.4 Å². The van der Waals surface area contributed by atoms with Gasteiger partial charge in [0, 0.05) is 44.0 Å². The summed E-state index contributed by atoms with van der Waals surface area (Å²) in [6, 6.07) is 26.8. The van der Waals surface area contributed by atoms with E-state index in [1.165, 1.54) is 5.69 Å². The van der Waals surface area contributed by atoms with Crippen molar-refractivity contribution in [2.24, 2.45) is 0 Å². The summed E-state index contributed by atoms with van der Waals surface area (Å²) in [5, 5.41) is 12.8. The van der Waals surface area contributed by atoms with Crippen LogP contribution in [0.15, 0.2) is 102 Å². The molecule has 3 aromatic carbocycles. The van der Waals surface area contributed by atoms with Crippen LogP contribution in [0, 0.1) is 0 Å². The van der Waals surface area contributed by atoms with E-state index in [-0.39, 0.29) is 17.8 Å². The molecule has 0 saturated carbocycles. The number of ether oxygens (including phenoxy) is 2. The minimum absolute atomic E-state index is 0.0782. The highest BCUT2D eigenvalue weighted by Gasteiger charge is 2.19. The summed E-state index contributed by atoms with van der Waals surface area (Å²) in [7, 11) is 0. The molecule has 11 nitrogen and oxygen atoms in total. The fourth-order valence-corrected chi connectivity index (χ4v) is 5.65. The van der Waals surface area contributed by atoms with Crippen molar-refractivity contribution in [3.8, 4) is 11.4 Å². The van der Waals surface area contributed by atoms with E-state index in [0.717, 1.165) is 61.7 Å². The Hall–Kier alpha value is -4.90. The molecule has 0 radical (unpaired) electrons. The largest absolute Gasteiger partial charge is 0.494 e. The fourth-order valence-electron chi connectivity index (χ4n) is 5.65. The smallest absolute Gasteiger partial charge is 0.350 e. The number of aromatic nitrogens is 6. The maximum Gasteiger partial charge on any atom is 0.350 e. The lowest BCUT2D eigenvalue weighted by Gasteiger charge is -2.37. The summed E-state index contributed by atoms with van der Waals surface area (Å²) in [6.07, 6.45) is 6.48. The molecule has 1 fully saturated rings. The van der Waals surface area contributed by atoms with Crippen molar-refractivity contribution in [3.63, 3.8) is 0 Å². The lowest BCUT2D eigenvalue weighted by Crippen LogP contribution is -2.46. The highest BCUT2D eigenvalue weighted by Crippen LogP contribution is 2.24. The van der Waals surface area contributed by atoms with E-state index >= 15 is 0 Å². The van der Waals surface area contributed by atoms with Crippen LogP contribution in [-0.4, -0.2) is 68.7 Å². The van der Waals surface area contributed by atoms with Gasteiger partial charge in [-0.2, -0.15) is 20.1 Å². The average molecular weight is 623 g/mol. The van der Waals surface area contributed by atoms with Gasteiger partial charge >= 0.3 is 5.69 Å². The standard InChI is InChI=1S/C35H42N8O3/c1-3-28(2)43-35(44)41(27-38-43)32-12-10-30(11-13-32)39-20-22-40(23-21-39)31-14-16-33(17-15-31)45-24-7-25-46-34(26-42-36-18-19-37-42)29-8-5-4-6-9-29/h4-6,8-19,27-28,34H,3,7,20-26H2,1-2H3/t28?,34-/m0/s1. The van der Waals surface area contributed by atoms with Crippen LogP contribution < -0.4 is 20.2 Å². The van der Waals surface area contributed by atoms with Crippen LogP contribution in [0.3, 0.4) is 0 Å². The number of hydrogen-bond donors (Lipinski definition) is 0. The molecule has 0 aliphatic carbocycles. The lowest BCUT2D eigenvalue weighted by atomic mass is 10.1. The Kier molecular flexibility index (Phi) is 10.1. The second kappa shape index (κ2) is 14.9. The zero-order valence-corrected chi connectivity index (χ0v) is 26.6. The first-order chi connectivity index (χ1) is 22.6. The highest BCUT2D eigenvalue weighted by atomic mass is 16.5. The minimum atomic E-state index is -0.121. The van der Waals surface area contributed by atoms with Crippen molar-refractivity contribution in [1.29, 1.82) is 0 Å². The number of anilines is 2. The number of piperazine rings is 1. The normalized spacial score (nSPS) is 14.7. The van der Waals surface area contributed by atoms with E-state index in [1.807, 2.05) is 49.4 Å². The van der Waals surface area contributed by atoms with E-state index < -0.39 is 0 Å². The number of hydrogen-bond acceptors (Lipinski definition) is 8. The van der Waals surface area contributed by atoms with Gasteiger partial charge in [0.05, 0.1) is 43.9 Å². The van der Waals surface area contributed by atoms with Crippen molar-refractivity contribution in [1.82, 2.24) is 29.3 Å². The Balaban J connectivity index is 0.942. The zero-order valence-electron chi connectivity index (χ0n) is 26.6. The SMILES string of the molecule is CCC(C)n1ncn(-c2ccc(N3CCN(c4ccc(OCCCO[C@@H](Cn5nccn5)c5ccccc5)cc4)CC3)cc2)c1=O. The maximum atomic E-state index is 12.8. The third kappa shape index (κ3) is 7.48. The molecule has 1 saturated heterocycles. The summed E-state index contributed by atoms with van der Waals surface area (Å²) >= 11 is 0. The first-order valence-electron chi connectivity index (χ1n) is 16.1. The molecule has 11 heteroatoms. The van der Waals surface area contributed by atoms with E-state index in [0.29, 0.717) is 19.8 Å². The van der Waals surface area contributed by atoms with Crippen LogP contribution in [0.5, 0.6) is 5.75 Å². The van der Waals surface area contributed by atoms with Gasteiger partial charge in [0.25, 0.3) is 0 Å². The van der Waals surface area contributed by atoms with Crippen molar-refractivity contribution < 1.29 is 9.47 Å². The van der Waals surface area contributed by atoms with Crippen LogP contribution in [0.2, 0.25) is 0 Å². The quantitative estimate of drug-likeness (QED) is 0.157. The van der Waals surface area contributed by atoms with Crippen molar-refractivity contribution >= 4 is 11.4 Å². The van der Waals surface area contributed by atoms with E-state index in [1.54, 1.807) is 32.8 Å². The number of benzene rings is 3. The second-order valence-electron chi connectivity index (χ2n) is 11.5. The van der Waals surface area contributed by atoms with Gasteiger partial charge in [-0.1, -0.05) is 37.3 Å². The van der Waals surface area contributed by atoms with Crippen LogP contribution in [0.25, 0.3) is 5.69 Å². The molecule has 0 amide bonds. The minimum Gasteiger partial charge on any atom is -0.494 e. The highest BCUT2D eigenvalue weighted by molar-refractivity contribution is 5.54. The third-order valence-corrected chi connectivity index (χ3v) is 8.52. The van der Waals surface area contributed by atoms with E-state index in [2.05, 4.69) is 68.4 Å².